The quantitative estimate of drug-likeness (QED) is 0.796. The zero-order valence-corrected chi connectivity index (χ0v) is 8.12. The molecule has 1 saturated carbocycles. The molecule has 0 spiro atoms. The van der Waals surface area contributed by atoms with Crippen LogP contribution in [0.4, 0.5) is 4.39 Å². The Morgan fingerprint density at radius 1 is 1.43 bits per heavy atom. The van der Waals surface area contributed by atoms with Crippen LogP contribution in [0.25, 0.3) is 0 Å². The third-order valence-corrected chi connectivity index (χ3v) is 2.67. The lowest BCUT2D eigenvalue weighted by Crippen LogP contribution is -2.26. The molecule has 14 heavy (non-hydrogen) atoms. The molecule has 1 aliphatic rings. The number of aromatic nitrogens is 1. The number of rotatable bonds is 3. The van der Waals surface area contributed by atoms with E-state index in [0.717, 1.165) is 18.7 Å². The number of nitrogens with zero attached hydrogens (tertiary/aromatic N) is 1. The van der Waals surface area contributed by atoms with E-state index in [0.29, 0.717) is 18.9 Å². The molecule has 0 bridgehead atoms. The van der Waals surface area contributed by atoms with Gasteiger partial charge in [-0.25, -0.2) is 4.39 Å². The molecule has 3 heteroatoms. The lowest BCUT2D eigenvalue weighted by Gasteiger charge is -2.10. The van der Waals surface area contributed by atoms with Gasteiger partial charge in [0.15, 0.2) is 0 Å². The van der Waals surface area contributed by atoms with Crippen molar-refractivity contribution < 1.29 is 4.39 Å². The molecule has 1 heterocycles. The lowest BCUT2D eigenvalue weighted by molar-refractivity contribution is 0.333. The smallest absolute Gasteiger partial charge is 0.102 e. The lowest BCUT2D eigenvalue weighted by atomic mass is 10.2. The molecule has 0 saturated heterocycles. The fourth-order valence-corrected chi connectivity index (χ4v) is 1.86. The number of hydrogen-bond acceptors (Lipinski definition) is 2. The first-order chi connectivity index (χ1) is 6.84. The van der Waals surface area contributed by atoms with Crippen LogP contribution in [0.1, 0.15) is 25.0 Å². The highest BCUT2D eigenvalue weighted by Gasteiger charge is 2.23. The van der Waals surface area contributed by atoms with Crippen LogP contribution in [0.5, 0.6) is 0 Å². The highest BCUT2D eigenvalue weighted by atomic mass is 19.1. The Kier molecular flexibility index (Phi) is 3.09. The zero-order valence-electron chi connectivity index (χ0n) is 8.12. The first kappa shape index (κ1) is 9.59. The average Bonchev–Trinajstić information content (AvgIpc) is 2.63. The Balaban J connectivity index is 1.78. The van der Waals surface area contributed by atoms with Gasteiger partial charge in [-0.1, -0.05) is 6.07 Å². The van der Waals surface area contributed by atoms with E-state index in [1.165, 1.54) is 0 Å². The summed E-state index contributed by atoms with van der Waals surface area (Å²) in [6.07, 6.45) is 3.50. The minimum atomic E-state index is -0.601. The summed E-state index contributed by atoms with van der Waals surface area (Å²) in [6.45, 7) is 0.748. The molecule has 2 rings (SSSR count). The van der Waals surface area contributed by atoms with Crippen LogP contribution in [0.3, 0.4) is 0 Å². The normalized spacial score (nSPS) is 26.6. The summed E-state index contributed by atoms with van der Waals surface area (Å²) < 4.78 is 12.8. The Labute approximate surface area is 83.6 Å². The molecule has 0 aromatic carbocycles. The number of alkyl halides is 1. The van der Waals surface area contributed by atoms with Gasteiger partial charge in [-0.2, -0.15) is 0 Å². The van der Waals surface area contributed by atoms with E-state index in [1.807, 2.05) is 18.2 Å². The van der Waals surface area contributed by atoms with Crippen LogP contribution < -0.4 is 5.32 Å². The largest absolute Gasteiger partial charge is 0.308 e. The van der Waals surface area contributed by atoms with E-state index < -0.39 is 6.17 Å². The van der Waals surface area contributed by atoms with Gasteiger partial charge in [0.2, 0.25) is 0 Å². The molecule has 1 N–H and O–H groups in total. The maximum atomic E-state index is 12.8. The molecular formula is C11H15FN2. The minimum Gasteiger partial charge on any atom is -0.308 e. The molecule has 1 fully saturated rings. The van der Waals surface area contributed by atoms with Gasteiger partial charge in [0.1, 0.15) is 6.17 Å². The Hall–Kier alpha value is -0.960. The molecule has 1 aromatic rings. The van der Waals surface area contributed by atoms with E-state index in [9.17, 15) is 4.39 Å². The monoisotopic (exact) mass is 194 g/mol. The summed E-state index contributed by atoms with van der Waals surface area (Å²) in [5.74, 6) is 0. The van der Waals surface area contributed by atoms with Gasteiger partial charge < -0.3 is 5.32 Å². The number of halogens is 1. The summed E-state index contributed by atoms with van der Waals surface area (Å²) in [5, 5.41) is 3.33. The third-order valence-electron chi connectivity index (χ3n) is 2.67. The zero-order chi connectivity index (χ0) is 9.80. The molecule has 1 aliphatic carbocycles. The van der Waals surface area contributed by atoms with Gasteiger partial charge in [-0.3, -0.25) is 4.98 Å². The van der Waals surface area contributed by atoms with Crippen molar-refractivity contribution in [3.63, 3.8) is 0 Å². The second kappa shape index (κ2) is 4.51. The molecule has 76 valence electrons. The maximum Gasteiger partial charge on any atom is 0.102 e. The van der Waals surface area contributed by atoms with Crippen molar-refractivity contribution in [3.8, 4) is 0 Å². The first-order valence-corrected chi connectivity index (χ1v) is 5.12. The second-order valence-corrected chi connectivity index (χ2v) is 3.81. The SMILES string of the molecule is FC1CCC(NCc2ccccn2)C1. The fraction of sp³-hybridized carbons (Fsp3) is 0.545. The van der Waals surface area contributed by atoms with Crippen molar-refractivity contribution in [1.82, 2.24) is 10.3 Å². The van der Waals surface area contributed by atoms with Crippen molar-refractivity contribution in [3.05, 3.63) is 30.1 Å². The van der Waals surface area contributed by atoms with Crippen LogP contribution in [0.15, 0.2) is 24.4 Å². The highest BCUT2D eigenvalue weighted by Crippen LogP contribution is 2.21. The van der Waals surface area contributed by atoms with Gasteiger partial charge >= 0.3 is 0 Å². The number of pyridine rings is 1. The molecule has 2 nitrogen and oxygen atoms in total. The Bertz CT molecular complexity index is 276. The van der Waals surface area contributed by atoms with Crippen molar-refractivity contribution in [2.75, 3.05) is 0 Å². The van der Waals surface area contributed by atoms with E-state index in [1.54, 1.807) is 6.20 Å². The fourth-order valence-electron chi connectivity index (χ4n) is 1.86. The summed E-state index contributed by atoms with van der Waals surface area (Å²) in [5.41, 5.74) is 1.02. The average molecular weight is 194 g/mol. The Morgan fingerprint density at radius 3 is 3.00 bits per heavy atom. The summed E-state index contributed by atoms with van der Waals surface area (Å²) in [6, 6.07) is 6.19. The molecule has 2 atom stereocenters. The second-order valence-electron chi connectivity index (χ2n) is 3.81. The highest BCUT2D eigenvalue weighted by molar-refractivity contribution is 5.03. The van der Waals surface area contributed by atoms with E-state index in [-0.39, 0.29) is 0 Å². The molecule has 0 radical (unpaired) electrons. The molecule has 2 unspecified atom stereocenters. The van der Waals surface area contributed by atoms with Gasteiger partial charge in [0.25, 0.3) is 0 Å². The predicted molar refractivity (Wildman–Crippen MR) is 53.6 cm³/mol. The molecule has 0 aliphatic heterocycles. The topological polar surface area (TPSA) is 24.9 Å². The van der Waals surface area contributed by atoms with Crippen molar-refractivity contribution in [2.24, 2.45) is 0 Å². The van der Waals surface area contributed by atoms with E-state index >= 15 is 0 Å². The van der Waals surface area contributed by atoms with Crippen LogP contribution in [-0.4, -0.2) is 17.2 Å². The van der Waals surface area contributed by atoms with Crippen molar-refractivity contribution in [2.45, 2.75) is 38.0 Å². The van der Waals surface area contributed by atoms with Crippen molar-refractivity contribution >= 4 is 0 Å². The van der Waals surface area contributed by atoms with Gasteiger partial charge in [0, 0.05) is 18.8 Å². The minimum absolute atomic E-state index is 0.340. The third kappa shape index (κ3) is 2.51. The van der Waals surface area contributed by atoms with Crippen LogP contribution in [-0.2, 0) is 6.54 Å². The number of hydrogen-bond donors (Lipinski definition) is 1. The standard InChI is InChI=1S/C11H15FN2/c12-9-4-5-10(7-9)14-8-11-3-1-2-6-13-11/h1-3,6,9-10,14H,4-5,7-8H2. The van der Waals surface area contributed by atoms with E-state index in [4.69, 9.17) is 0 Å². The van der Waals surface area contributed by atoms with Gasteiger partial charge in [-0.15, -0.1) is 0 Å². The van der Waals surface area contributed by atoms with Gasteiger partial charge in [-0.05, 0) is 31.4 Å². The maximum absolute atomic E-state index is 12.8. The van der Waals surface area contributed by atoms with Crippen LogP contribution >= 0.6 is 0 Å². The van der Waals surface area contributed by atoms with Gasteiger partial charge in [0.05, 0.1) is 5.69 Å². The van der Waals surface area contributed by atoms with Crippen molar-refractivity contribution in [1.29, 1.82) is 0 Å². The molecule has 1 aromatic heterocycles. The van der Waals surface area contributed by atoms with E-state index in [2.05, 4.69) is 10.3 Å². The van der Waals surface area contributed by atoms with Crippen LogP contribution in [0, 0.1) is 0 Å². The summed E-state index contributed by atoms with van der Waals surface area (Å²) >= 11 is 0. The Morgan fingerprint density at radius 2 is 2.36 bits per heavy atom. The molecular weight excluding hydrogens is 179 g/mol. The molecule has 0 amide bonds. The predicted octanol–water partition coefficient (Wildman–Crippen LogP) is 2.06. The van der Waals surface area contributed by atoms with Crippen LogP contribution in [0.2, 0.25) is 0 Å². The number of nitrogens with one attached hydrogen (secondary N) is 1. The summed E-state index contributed by atoms with van der Waals surface area (Å²) in [4.78, 5) is 4.20. The summed E-state index contributed by atoms with van der Waals surface area (Å²) in [7, 11) is 0. The first-order valence-electron chi connectivity index (χ1n) is 5.12.